The van der Waals surface area contributed by atoms with Crippen molar-refractivity contribution in [2.24, 2.45) is 0 Å². The van der Waals surface area contributed by atoms with Crippen LogP contribution in [0.1, 0.15) is 28.4 Å². The predicted molar refractivity (Wildman–Crippen MR) is 83.1 cm³/mol. The number of nitrogens with two attached hydrogens (primary N) is 1. The van der Waals surface area contributed by atoms with Crippen molar-refractivity contribution < 1.29 is 9.53 Å². The maximum absolute atomic E-state index is 12.0. The van der Waals surface area contributed by atoms with E-state index in [0.717, 1.165) is 11.1 Å². The summed E-state index contributed by atoms with van der Waals surface area (Å²) in [5, 5.41) is 3.25. The fourth-order valence-electron chi connectivity index (χ4n) is 1.98. The molecule has 0 amide bonds. The number of nitrogen functional groups attached to an aromatic ring is 1. The van der Waals surface area contributed by atoms with Gasteiger partial charge in [0.05, 0.1) is 12.2 Å². The molecule has 0 unspecified atom stereocenters. The molecular weight excluding hydrogens is 266 g/mol. The van der Waals surface area contributed by atoms with E-state index in [4.69, 9.17) is 10.5 Å². The second-order valence-corrected chi connectivity index (χ2v) is 4.68. The van der Waals surface area contributed by atoms with E-state index in [-0.39, 0.29) is 5.97 Å². The summed E-state index contributed by atoms with van der Waals surface area (Å²) in [5.41, 5.74) is 9.65. The van der Waals surface area contributed by atoms with Gasteiger partial charge < -0.3 is 15.8 Å². The highest BCUT2D eigenvalue weighted by Crippen LogP contribution is 2.21. The summed E-state index contributed by atoms with van der Waals surface area (Å²) >= 11 is 0. The van der Waals surface area contributed by atoms with Crippen LogP contribution in [0.25, 0.3) is 0 Å². The summed E-state index contributed by atoms with van der Waals surface area (Å²) in [6.45, 7) is 4.71. The fourth-order valence-corrected chi connectivity index (χ4v) is 1.98. The number of ether oxygens (including phenoxy) is 1. The van der Waals surface area contributed by atoms with E-state index in [1.165, 1.54) is 0 Å². The summed E-state index contributed by atoms with van der Waals surface area (Å²) < 4.78 is 5.05. The number of rotatable bonds is 5. The lowest BCUT2D eigenvalue weighted by Crippen LogP contribution is -2.11. The van der Waals surface area contributed by atoms with Crippen LogP contribution in [0.15, 0.2) is 36.7 Å². The third-order valence-corrected chi connectivity index (χ3v) is 3.14. The summed E-state index contributed by atoms with van der Waals surface area (Å²) in [5.74, 6) is -0.376. The van der Waals surface area contributed by atoms with Crippen molar-refractivity contribution in [1.82, 2.24) is 4.98 Å². The Hall–Kier alpha value is -2.56. The van der Waals surface area contributed by atoms with Gasteiger partial charge in [-0.1, -0.05) is 0 Å². The number of anilines is 2. The van der Waals surface area contributed by atoms with Crippen LogP contribution >= 0.6 is 0 Å². The molecule has 0 saturated heterocycles. The quantitative estimate of drug-likeness (QED) is 0.652. The van der Waals surface area contributed by atoms with Crippen LogP contribution in [0, 0.1) is 6.92 Å². The smallest absolute Gasteiger partial charge is 0.340 e. The molecule has 2 aromatic rings. The zero-order valence-corrected chi connectivity index (χ0v) is 12.2. The topological polar surface area (TPSA) is 77.2 Å². The van der Waals surface area contributed by atoms with Gasteiger partial charge >= 0.3 is 5.97 Å². The van der Waals surface area contributed by atoms with Gasteiger partial charge in [0.15, 0.2) is 0 Å². The molecule has 1 aromatic heterocycles. The number of aromatic nitrogens is 1. The highest BCUT2D eigenvalue weighted by atomic mass is 16.5. The van der Waals surface area contributed by atoms with Gasteiger partial charge in [0.2, 0.25) is 0 Å². The monoisotopic (exact) mass is 285 g/mol. The third-order valence-electron chi connectivity index (χ3n) is 3.14. The maximum Gasteiger partial charge on any atom is 0.340 e. The minimum absolute atomic E-state index is 0.330. The summed E-state index contributed by atoms with van der Waals surface area (Å²) in [6.07, 6.45) is 3.56. The Balaban J connectivity index is 2.20. The van der Waals surface area contributed by atoms with E-state index in [1.54, 1.807) is 31.3 Å². The van der Waals surface area contributed by atoms with Crippen LogP contribution in [0.2, 0.25) is 0 Å². The SMILES string of the molecule is CCOC(=O)c1cc(N)ccc1NCc1ccncc1C. The molecule has 1 heterocycles. The number of carbonyl (C=O) groups excluding carboxylic acids is 1. The molecule has 0 atom stereocenters. The van der Waals surface area contributed by atoms with Gasteiger partial charge in [-0.15, -0.1) is 0 Å². The largest absolute Gasteiger partial charge is 0.462 e. The predicted octanol–water partition coefficient (Wildman–Crippen LogP) is 2.76. The highest BCUT2D eigenvalue weighted by Gasteiger charge is 2.13. The molecular formula is C16H19N3O2. The van der Waals surface area contributed by atoms with Crippen LogP contribution in [0.3, 0.4) is 0 Å². The van der Waals surface area contributed by atoms with E-state index in [9.17, 15) is 4.79 Å². The van der Waals surface area contributed by atoms with E-state index in [0.29, 0.717) is 30.1 Å². The number of aryl methyl sites for hydroxylation is 1. The van der Waals surface area contributed by atoms with Crippen molar-refractivity contribution in [3.63, 3.8) is 0 Å². The molecule has 0 saturated carbocycles. The molecule has 0 radical (unpaired) electrons. The van der Waals surface area contributed by atoms with Crippen molar-refractivity contribution >= 4 is 17.3 Å². The number of hydrogen-bond donors (Lipinski definition) is 2. The van der Waals surface area contributed by atoms with Crippen molar-refractivity contribution in [1.29, 1.82) is 0 Å². The second-order valence-electron chi connectivity index (χ2n) is 4.68. The standard InChI is InChI=1S/C16H19N3O2/c1-3-21-16(20)14-8-13(17)4-5-15(14)19-10-12-6-7-18-9-11(12)2/h4-9,19H,3,10,17H2,1-2H3. The average Bonchev–Trinajstić information content (AvgIpc) is 2.47. The van der Waals surface area contributed by atoms with Crippen LogP contribution in [-0.4, -0.2) is 17.6 Å². The van der Waals surface area contributed by atoms with Crippen LogP contribution < -0.4 is 11.1 Å². The molecule has 0 aliphatic heterocycles. The third kappa shape index (κ3) is 3.72. The molecule has 110 valence electrons. The van der Waals surface area contributed by atoms with E-state index in [2.05, 4.69) is 10.3 Å². The van der Waals surface area contributed by atoms with Gasteiger partial charge in [-0.3, -0.25) is 4.98 Å². The van der Waals surface area contributed by atoms with Crippen LogP contribution in [0.4, 0.5) is 11.4 Å². The van der Waals surface area contributed by atoms with Gasteiger partial charge in [0, 0.05) is 30.3 Å². The number of carbonyl (C=O) groups is 1. The molecule has 5 heteroatoms. The van der Waals surface area contributed by atoms with Gasteiger partial charge in [0.25, 0.3) is 0 Å². The van der Waals surface area contributed by atoms with E-state index < -0.39 is 0 Å². The van der Waals surface area contributed by atoms with Gasteiger partial charge in [-0.05, 0) is 49.2 Å². The highest BCUT2D eigenvalue weighted by molar-refractivity contribution is 5.96. The van der Waals surface area contributed by atoms with Gasteiger partial charge in [-0.25, -0.2) is 4.79 Å². The zero-order valence-electron chi connectivity index (χ0n) is 12.2. The molecule has 5 nitrogen and oxygen atoms in total. The normalized spacial score (nSPS) is 10.2. The molecule has 2 rings (SSSR count). The van der Waals surface area contributed by atoms with Crippen molar-refractivity contribution in [2.75, 3.05) is 17.7 Å². The molecule has 3 N–H and O–H groups in total. The first-order chi connectivity index (χ1) is 10.1. The molecule has 0 spiro atoms. The van der Waals surface area contributed by atoms with E-state index >= 15 is 0 Å². The number of pyridine rings is 1. The van der Waals surface area contributed by atoms with Crippen LogP contribution in [-0.2, 0) is 11.3 Å². The Kier molecular flexibility index (Phi) is 4.77. The van der Waals surface area contributed by atoms with Crippen LogP contribution in [0.5, 0.6) is 0 Å². The Morgan fingerprint density at radius 3 is 2.90 bits per heavy atom. The Bertz CT molecular complexity index is 641. The fraction of sp³-hybridized carbons (Fsp3) is 0.250. The number of esters is 1. The second kappa shape index (κ2) is 6.74. The van der Waals surface area contributed by atoms with Crippen molar-refractivity contribution in [2.45, 2.75) is 20.4 Å². The molecule has 1 aromatic carbocycles. The number of nitrogens with zero attached hydrogens (tertiary/aromatic N) is 1. The molecule has 0 fully saturated rings. The molecule has 0 aliphatic rings. The molecule has 0 aliphatic carbocycles. The summed E-state index contributed by atoms with van der Waals surface area (Å²) in [7, 11) is 0. The first-order valence-electron chi connectivity index (χ1n) is 6.81. The Labute approximate surface area is 124 Å². The number of hydrogen-bond acceptors (Lipinski definition) is 5. The van der Waals surface area contributed by atoms with Crippen molar-refractivity contribution in [3.8, 4) is 0 Å². The molecule has 21 heavy (non-hydrogen) atoms. The van der Waals surface area contributed by atoms with Gasteiger partial charge in [0.1, 0.15) is 0 Å². The average molecular weight is 285 g/mol. The summed E-state index contributed by atoms with van der Waals surface area (Å²) in [6, 6.07) is 7.12. The zero-order chi connectivity index (χ0) is 15.2. The minimum Gasteiger partial charge on any atom is -0.462 e. The first-order valence-corrected chi connectivity index (χ1v) is 6.81. The lowest BCUT2D eigenvalue weighted by molar-refractivity contribution is 0.0527. The minimum atomic E-state index is -0.376. The summed E-state index contributed by atoms with van der Waals surface area (Å²) in [4.78, 5) is 16.0. The first kappa shape index (κ1) is 14.8. The Morgan fingerprint density at radius 2 is 2.19 bits per heavy atom. The molecule has 0 bridgehead atoms. The van der Waals surface area contributed by atoms with Gasteiger partial charge in [-0.2, -0.15) is 0 Å². The lowest BCUT2D eigenvalue weighted by Gasteiger charge is -2.13. The maximum atomic E-state index is 12.0. The number of nitrogens with one attached hydrogen (secondary N) is 1. The lowest BCUT2D eigenvalue weighted by atomic mass is 10.1. The Morgan fingerprint density at radius 1 is 1.38 bits per heavy atom. The van der Waals surface area contributed by atoms with E-state index in [1.807, 2.05) is 19.2 Å². The number of benzene rings is 1. The van der Waals surface area contributed by atoms with Crippen molar-refractivity contribution in [3.05, 3.63) is 53.3 Å².